The van der Waals surface area contributed by atoms with Crippen molar-refractivity contribution >= 4 is 17.6 Å². The van der Waals surface area contributed by atoms with Crippen LogP contribution < -0.4 is 4.90 Å². The molecule has 1 unspecified atom stereocenters. The number of anilines is 1. The summed E-state index contributed by atoms with van der Waals surface area (Å²) < 4.78 is 59.8. The maximum atomic E-state index is 14.8. The molecule has 0 N–H and O–H groups in total. The molecule has 0 spiro atoms. The predicted molar refractivity (Wildman–Crippen MR) is 108 cm³/mol. The molecule has 166 valence electrons. The van der Waals surface area contributed by atoms with Gasteiger partial charge in [-0.25, -0.2) is 9.18 Å². The van der Waals surface area contributed by atoms with Gasteiger partial charge in [-0.05, 0) is 42.8 Å². The molecule has 0 bridgehead atoms. The fourth-order valence-electron chi connectivity index (χ4n) is 3.83. The number of benzene rings is 2. The topological polar surface area (TPSA) is 51.5 Å². The molecule has 0 fully saturated rings. The van der Waals surface area contributed by atoms with Crippen LogP contribution in [0.3, 0.4) is 0 Å². The van der Waals surface area contributed by atoms with Crippen molar-refractivity contribution in [1.29, 1.82) is 0 Å². The Morgan fingerprint density at radius 3 is 2.44 bits per heavy atom. The van der Waals surface area contributed by atoms with E-state index in [1.54, 1.807) is 19.1 Å². The SMILES string of the molecule is CCOC(=O)c1cccn1C1C(=O)N(Cc2ccc(C(F)(F)F)cc2)c2c(F)cccc21. The van der Waals surface area contributed by atoms with Gasteiger partial charge >= 0.3 is 12.1 Å². The minimum Gasteiger partial charge on any atom is -0.461 e. The van der Waals surface area contributed by atoms with Crippen molar-refractivity contribution in [3.63, 3.8) is 0 Å². The Morgan fingerprint density at radius 2 is 1.78 bits per heavy atom. The number of esters is 1. The van der Waals surface area contributed by atoms with Crippen molar-refractivity contribution in [2.75, 3.05) is 11.5 Å². The molecule has 2 aromatic carbocycles. The first-order valence-electron chi connectivity index (χ1n) is 9.82. The van der Waals surface area contributed by atoms with Crippen molar-refractivity contribution in [2.24, 2.45) is 0 Å². The van der Waals surface area contributed by atoms with Crippen molar-refractivity contribution in [1.82, 2.24) is 4.57 Å². The molecular formula is C23H18F4N2O3. The number of carbonyl (C=O) groups excluding carboxylic acids is 2. The number of carbonyl (C=O) groups is 2. The minimum atomic E-state index is -4.48. The van der Waals surface area contributed by atoms with Crippen LogP contribution in [0.5, 0.6) is 0 Å². The van der Waals surface area contributed by atoms with Crippen molar-refractivity contribution in [2.45, 2.75) is 25.7 Å². The van der Waals surface area contributed by atoms with Crippen LogP contribution in [0.25, 0.3) is 0 Å². The highest BCUT2D eigenvalue weighted by Crippen LogP contribution is 2.41. The van der Waals surface area contributed by atoms with E-state index in [4.69, 9.17) is 4.74 Å². The quantitative estimate of drug-likeness (QED) is 0.411. The Hall–Kier alpha value is -3.62. The van der Waals surface area contributed by atoms with E-state index >= 15 is 0 Å². The van der Waals surface area contributed by atoms with Crippen LogP contribution in [0.1, 0.15) is 40.1 Å². The van der Waals surface area contributed by atoms with Crippen LogP contribution in [0.2, 0.25) is 0 Å². The predicted octanol–water partition coefficient (Wildman–Crippen LogP) is 4.96. The third-order valence-corrected chi connectivity index (χ3v) is 5.25. The number of hydrogen-bond acceptors (Lipinski definition) is 3. The third-order valence-electron chi connectivity index (χ3n) is 5.25. The molecule has 4 rings (SSSR count). The summed E-state index contributed by atoms with van der Waals surface area (Å²) in [6.45, 7) is 1.67. The van der Waals surface area contributed by atoms with Crippen LogP contribution in [0.15, 0.2) is 60.8 Å². The van der Waals surface area contributed by atoms with Crippen molar-refractivity contribution < 1.29 is 31.9 Å². The Kier molecular flexibility index (Phi) is 5.50. The fraction of sp³-hybridized carbons (Fsp3) is 0.217. The summed E-state index contributed by atoms with van der Waals surface area (Å²) in [7, 11) is 0. The zero-order valence-corrected chi connectivity index (χ0v) is 16.9. The second-order valence-corrected chi connectivity index (χ2v) is 7.22. The fourth-order valence-corrected chi connectivity index (χ4v) is 3.83. The molecule has 0 radical (unpaired) electrons. The van der Waals surface area contributed by atoms with Gasteiger partial charge in [-0.3, -0.25) is 4.79 Å². The molecule has 0 saturated carbocycles. The summed E-state index contributed by atoms with van der Waals surface area (Å²) in [6.07, 6.45) is -2.95. The molecule has 0 aliphatic carbocycles. The Morgan fingerprint density at radius 1 is 1.06 bits per heavy atom. The van der Waals surface area contributed by atoms with Gasteiger partial charge in [-0.15, -0.1) is 0 Å². The average Bonchev–Trinajstić information content (AvgIpc) is 3.32. The Bertz CT molecular complexity index is 1170. The van der Waals surface area contributed by atoms with Gasteiger partial charge in [-0.2, -0.15) is 13.2 Å². The molecule has 1 atom stereocenters. The van der Waals surface area contributed by atoms with Gasteiger partial charge in [-0.1, -0.05) is 24.3 Å². The molecule has 9 heteroatoms. The van der Waals surface area contributed by atoms with Crippen LogP contribution in [0.4, 0.5) is 23.2 Å². The molecule has 1 aromatic heterocycles. The lowest BCUT2D eigenvalue weighted by Gasteiger charge is -2.20. The number of aromatic nitrogens is 1. The van der Waals surface area contributed by atoms with E-state index < -0.39 is 35.5 Å². The molecule has 3 aromatic rings. The lowest BCUT2D eigenvalue weighted by Crippen LogP contribution is -2.32. The van der Waals surface area contributed by atoms with Gasteiger partial charge in [0.1, 0.15) is 17.6 Å². The van der Waals surface area contributed by atoms with Gasteiger partial charge < -0.3 is 14.2 Å². The van der Waals surface area contributed by atoms with E-state index in [9.17, 15) is 27.2 Å². The number of rotatable bonds is 5. The number of hydrogen-bond donors (Lipinski definition) is 0. The van der Waals surface area contributed by atoms with Crippen molar-refractivity contribution in [3.05, 3.63) is 89.0 Å². The number of fused-ring (bicyclic) bond motifs is 1. The zero-order chi connectivity index (χ0) is 23.0. The number of nitrogens with zero attached hydrogens (tertiary/aromatic N) is 2. The average molecular weight is 446 g/mol. The highest BCUT2D eigenvalue weighted by atomic mass is 19.4. The summed E-state index contributed by atoms with van der Waals surface area (Å²) in [5.41, 5.74) is 0.107. The largest absolute Gasteiger partial charge is 0.461 e. The lowest BCUT2D eigenvalue weighted by molar-refractivity contribution is -0.137. The molecule has 1 amide bonds. The first-order valence-corrected chi connectivity index (χ1v) is 9.82. The monoisotopic (exact) mass is 446 g/mol. The molecule has 5 nitrogen and oxygen atoms in total. The van der Waals surface area contributed by atoms with E-state index in [-0.39, 0.29) is 24.5 Å². The van der Waals surface area contributed by atoms with Crippen LogP contribution in [0, 0.1) is 5.82 Å². The smallest absolute Gasteiger partial charge is 0.416 e. The van der Waals surface area contributed by atoms with Gasteiger partial charge in [0.15, 0.2) is 0 Å². The lowest BCUT2D eigenvalue weighted by atomic mass is 10.1. The highest BCUT2D eigenvalue weighted by Gasteiger charge is 2.41. The Labute approximate surface area is 180 Å². The van der Waals surface area contributed by atoms with E-state index in [2.05, 4.69) is 0 Å². The van der Waals surface area contributed by atoms with Gasteiger partial charge in [0.2, 0.25) is 0 Å². The molecule has 32 heavy (non-hydrogen) atoms. The molecule has 0 saturated heterocycles. The molecule has 1 aliphatic rings. The number of amides is 1. The van der Waals surface area contributed by atoms with Gasteiger partial charge in [0.25, 0.3) is 5.91 Å². The summed E-state index contributed by atoms with van der Waals surface area (Å²) >= 11 is 0. The molecule has 2 heterocycles. The normalized spacial score (nSPS) is 15.7. The van der Waals surface area contributed by atoms with Crippen LogP contribution in [-0.4, -0.2) is 23.1 Å². The first kappa shape index (κ1) is 21.6. The summed E-state index contributed by atoms with van der Waals surface area (Å²) in [6, 6.07) is 10.7. The number of alkyl halides is 3. The van der Waals surface area contributed by atoms with Gasteiger partial charge in [0, 0.05) is 11.8 Å². The van der Waals surface area contributed by atoms with E-state index in [0.717, 1.165) is 12.1 Å². The van der Waals surface area contributed by atoms with Crippen LogP contribution in [-0.2, 0) is 22.3 Å². The van der Waals surface area contributed by atoms with Crippen LogP contribution >= 0.6 is 0 Å². The number of ether oxygens (including phenoxy) is 1. The molecular weight excluding hydrogens is 428 g/mol. The number of halogens is 4. The van der Waals surface area contributed by atoms with Crippen molar-refractivity contribution in [3.8, 4) is 0 Å². The minimum absolute atomic E-state index is 0.0332. The van der Waals surface area contributed by atoms with E-state index in [1.807, 2.05) is 0 Å². The van der Waals surface area contributed by atoms with E-state index in [1.165, 1.54) is 46.0 Å². The summed E-state index contributed by atoms with van der Waals surface area (Å²) in [5.74, 6) is -1.77. The zero-order valence-electron chi connectivity index (χ0n) is 16.9. The Balaban J connectivity index is 1.72. The molecule has 1 aliphatic heterocycles. The second kappa shape index (κ2) is 8.14. The standard InChI is InChI=1S/C23H18F4N2O3/c1-2-32-22(31)18-7-4-12-28(18)20-16-5-3-6-17(24)19(16)29(21(20)30)13-14-8-10-15(11-9-14)23(25,26)27/h3-12,20H,2,13H2,1H3. The van der Waals surface area contributed by atoms with Gasteiger partial charge in [0.05, 0.1) is 24.4 Å². The third kappa shape index (κ3) is 3.74. The maximum absolute atomic E-state index is 14.8. The summed E-state index contributed by atoms with van der Waals surface area (Å²) in [5, 5.41) is 0. The number of para-hydroxylation sites is 1. The first-order chi connectivity index (χ1) is 15.2. The maximum Gasteiger partial charge on any atom is 0.416 e. The second-order valence-electron chi connectivity index (χ2n) is 7.22. The summed E-state index contributed by atoms with van der Waals surface area (Å²) in [4.78, 5) is 26.9. The highest BCUT2D eigenvalue weighted by molar-refractivity contribution is 6.05. The van der Waals surface area contributed by atoms with E-state index in [0.29, 0.717) is 11.1 Å².